The van der Waals surface area contributed by atoms with Crippen LogP contribution in [0.15, 0.2) is 30.3 Å². The maximum absolute atomic E-state index is 12.1. The number of rotatable bonds is 5. The minimum Gasteiger partial charge on any atom is -0.377 e. The van der Waals surface area contributed by atoms with E-state index in [4.69, 9.17) is 4.74 Å². The van der Waals surface area contributed by atoms with E-state index in [0.717, 1.165) is 0 Å². The van der Waals surface area contributed by atoms with Crippen LogP contribution in [0.3, 0.4) is 0 Å². The van der Waals surface area contributed by atoms with E-state index in [-0.39, 0.29) is 17.9 Å². The third-order valence-electron chi connectivity index (χ3n) is 3.58. The Morgan fingerprint density at radius 1 is 1.33 bits per heavy atom. The summed E-state index contributed by atoms with van der Waals surface area (Å²) in [6, 6.07) is 9.23. The van der Waals surface area contributed by atoms with Gasteiger partial charge in [-0.1, -0.05) is 18.2 Å². The van der Waals surface area contributed by atoms with Gasteiger partial charge in [0.05, 0.1) is 19.3 Å². The Morgan fingerprint density at radius 2 is 2.10 bits per heavy atom. The van der Waals surface area contributed by atoms with Crippen LogP contribution in [0.1, 0.15) is 30.1 Å². The van der Waals surface area contributed by atoms with Gasteiger partial charge in [0.2, 0.25) is 5.91 Å². The average Bonchev–Trinajstić information content (AvgIpc) is 2.52. The van der Waals surface area contributed by atoms with Gasteiger partial charge in [-0.2, -0.15) is 0 Å². The number of carbonyl (C=O) groups is 2. The summed E-state index contributed by atoms with van der Waals surface area (Å²) in [5, 5.41) is 2.83. The van der Waals surface area contributed by atoms with E-state index in [0.29, 0.717) is 44.7 Å². The molecule has 1 aliphatic heterocycles. The summed E-state index contributed by atoms with van der Waals surface area (Å²) >= 11 is 0. The third-order valence-corrected chi connectivity index (χ3v) is 3.58. The SMILES string of the molecule is CC1COCCN1C(=O)CCCNC(=O)c1ccccc1. The Hall–Kier alpha value is -1.88. The number of amides is 2. The molecule has 1 N–H and O–H groups in total. The van der Waals surface area contributed by atoms with Crippen molar-refractivity contribution in [1.29, 1.82) is 0 Å². The summed E-state index contributed by atoms with van der Waals surface area (Å²) < 4.78 is 5.32. The highest BCUT2D eigenvalue weighted by atomic mass is 16.5. The van der Waals surface area contributed by atoms with Crippen molar-refractivity contribution in [3.05, 3.63) is 35.9 Å². The van der Waals surface area contributed by atoms with Crippen molar-refractivity contribution in [3.63, 3.8) is 0 Å². The van der Waals surface area contributed by atoms with Crippen molar-refractivity contribution in [2.75, 3.05) is 26.3 Å². The van der Waals surface area contributed by atoms with Crippen LogP contribution in [0.2, 0.25) is 0 Å². The second-order valence-electron chi connectivity index (χ2n) is 5.24. The fourth-order valence-corrected chi connectivity index (χ4v) is 2.37. The predicted molar refractivity (Wildman–Crippen MR) is 80.0 cm³/mol. The maximum atomic E-state index is 12.1. The van der Waals surface area contributed by atoms with Crippen LogP contribution in [0.4, 0.5) is 0 Å². The molecule has 1 aromatic carbocycles. The van der Waals surface area contributed by atoms with Gasteiger partial charge in [-0.3, -0.25) is 9.59 Å². The summed E-state index contributed by atoms with van der Waals surface area (Å²) in [5.41, 5.74) is 0.644. The zero-order valence-corrected chi connectivity index (χ0v) is 12.4. The summed E-state index contributed by atoms with van der Waals surface area (Å²) in [4.78, 5) is 25.8. The van der Waals surface area contributed by atoms with Crippen LogP contribution in [-0.2, 0) is 9.53 Å². The molecule has 1 heterocycles. The Kier molecular flexibility index (Phi) is 5.75. The summed E-state index contributed by atoms with van der Waals surface area (Å²) in [6.45, 7) is 4.39. The van der Waals surface area contributed by atoms with E-state index in [1.807, 2.05) is 30.0 Å². The summed E-state index contributed by atoms with van der Waals surface area (Å²) in [6.07, 6.45) is 1.11. The molecule has 1 fully saturated rings. The van der Waals surface area contributed by atoms with Crippen molar-refractivity contribution in [2.24, 2.45) is 0 Å². The standard InChI is InChI=1S/C16H22N2O3/c1-13-12-21-11-10-18(13)15(19)8-5-9-17-16(20)14-6-3-2-4-7-14/h2-4,6-7,13H,5,8-12H2,1H3,(H,17,20). The molecule has 5 nitrogen and oxygen atoms in total. The minimum atomic E-state index is -0.0946. The van der Waals surface area contributed by atoms with E-state index < -0.39 is 0 Å². The monoisotopic (exact) mass is 290 g/mol. The highest BCUT2D eigenvalue weighted by Crippen LogP contribution is 2.09. The molecule has 21 heavy (non-hydrogen) atoms. The van der Waals surface area contributed by atoms with Crippen molar-refractivity contribution < 1.29 is 14.3 Å². The van der Waals surface area contributed by atoms with E-state index in [1.165, 1.54) is 0 Å². The molecule has 5 heteroatoms. The molecule has 2 rings (SSSR count). The van der Waals surface area contributed by atoms with Crippen molar-refractivity contribution in [1.82, 2.24) is 10.2 Å². The van der Waals surface area contributed by atoms with E-state index >= 15 is 0 Å². The first kappa shape index (κ1) is 15.5. The Balaban J connectivity index is 1.67. The van der Waals surface area contributed by atoms with Crippen LogP contribution in [0.25, 0.3) is 0 Å². The first-order chi connectivity index (χ1) is 10.2. The Labute approximate surface area is 125 Å². The molecular formula is C16H22N2O3. The number of benzene rings is 1. The van der Waals surface area contributed by atoms with Gasteiger partial charge in [-0.25, -0.2) is 0 Å². The number of nitrogens with one attached hydrogen (secondary N) is 1. The number of ether oxygens (including phenoxy) is 1. The lowest BCUT2D eigenvalue weighted by Crippen LogP contribution is -2.47. The zero-order chi connectivity index (χ0) is 15.1. The molecule has 114 valence electrons. The van der Waals surface area contributed by atoms with Gasteiger partial charge in [-0.05, 0) is 25.5 Å². The first-order valence-electron chi connectivity index (χ1n) is 7.39. The van der Waals surface area contributed by atoms with Crippen LogP contribution in [-0.4, -0.2) is 49.1 Å². The quantitative estimate of drug-likeness (QED) is 0.835. The van der Waals surface area contributed by atoms with Crippen molar-refractivity contribution in [3.8, 4) is 0 Å². The lowest BCUT2D eigenvalue weighted by Gasteiger charge is -2.33. The normalized spacial score (nSPS) is 18.3. The zero-order valence-electron chi connectivity index (χ0n) is 12.4. The number of hydrogen-bond acceptors (Lipinski definition) is 3. The fraction of sp³-hybridized carbons (Fsp3) is 0.500. The van der Waals surface area contributed by atoms with E-state index in [9.17, 15) is 9.59 Å². The van der Waals surface area contributed by atoms with Gasteiger partial charge in [-0.15, -0.1) is 0 Å². The molecule has 1 aromatic rings. The molecule has 0 aliphatic carbocycles. The molecule has 2 amide bonds. The highest BCUT2D eigenvalue weighted by Gasteiger charge is 2.22. The maximum Gasteiger partial charge on any atom is 0.251 e. The van der Waals surface area contributed by atoms with Crippen LogP contribution < -0.4 is 5.32 Å². The van der Waals surface area contributed by atoms with Crippen LogP contribution >= 0.6 is 0 Å². The molecule has 0 radical (unpaired) electrons. The average molecular weight is 290 g/mol. The number of carbonyl (C=O) groups excluding carboxylic acids is 2. The Morgan fingerprint density at radius 3 is 2.81 bits per heavy atom. The summed E-state index contributed by atoms with van der Waals surface area (Å²) in [5.74, 6) is 0.0440. The topological polar surface area (TPSA) is 58.6 Å². The molecule has 1 saturated heterocycles. The first-order valence-corrected chi connectivity index (χ1v) is 7.39. The van der Waals surface area contributed by atoms with Gasteiger partial charge < -0.3 is 15.0 Å². The molecule has 1 aliphatic rings. The molecule has 1 atom stereocenters. The van der Waals surface area contributed by atoms with Gasteiger partial charge in [0.1, 0.15) is 0 Å². The van der Waals surface area contributed by atoms with Crippen molar-refractivity contribution in [2.45, 2.75) is 25.8 Å². The van der Waals surface area contributed by atoms with Gasteiger partial charge in [0.15, 0.2) is 0 Å². The summed E-state index contributed by atoms with van der Waals surface area (Å²) in [7, 11) is 0. The second kappa shape index (κ2) is 7.78. The van der Waals surface area contributed by atoms with Gasteiger partial charge in [0.25, 0.3) is 5.91 Å². The number of nitrogens with zero attached hydrogens (tertiary/aromatic N) is 1. The van der Waals surface area contributed by atoms with E-state index in [2.05, 4.69) is 5.32 Å². The van der Waals surface area contributed by atoms with Crippen LogP contribution in [0.5, 0.6) is 0 Å². The molecule has 0 bridgehead atoms. The van der Waals surface area contributed by atoms with Crippen LogP contribution in [0, 0.1) is 0 Å². The fourth-order valence-electron chi connectivity index (χ4n) is 2.37. The van der Waals surface area contributed by atoms with Gasteiger partial charge in [0, 0.05) is 25.1 Å². The highest BCUT2D eigenvalue weighted by molar-refractivity contribution is 5.94. The smallest absolute Gasteiger partial charge is 0.251 e. The van der Waals surface area contributed by atoms with Crippen molar-refractivity contribution >= 4 is 11.8 Å². The largest absolute Gasteiger partial charge is 0.377 e. The minimum absolute atomic E-state index is 0.0946. The predicted octanol–water partition coefficient (Wildman–Crippen LogP) is 1.44. The molecule has 0 spiro atoms. The van der Waals surface area contributed by atoms with E-state index in [1.54, 1.807) is 12.1 Å². The second-order valence-corrected chi connectivity index (χ2v) is 5.24. The number of morpholine rings is 1. The molecule has 1 unspecified atom stereocenters. The van der Waals surface area contributed by atoms with Gasteiger partial charge >= 0.3 is 0 Å². The lowest BCUT2D eigenvalue weighted by molar-refractivity contribution is -0.139. The molecule has 0 saturated carbocycles. The molecule has 0 aromatic heterocycles. The molecular weight excluding hydrogens is 268 g/mol. The lowest BCUT2D eigenvalue weighted by atomic mass is 10.2. The Bertz CT molecular complexity index is 476. The third kappa shape index (κ3) is 4.56. The number of hydrogen-bond donors (Lipinski definition) is 1.